The van der Waals surface area contributed by atoms with Crippen LogP contribution < -0.4 is 15.4 Å². The maximum Gasteiger partial charge on any atom is 0.252 e. The van der Waals surface area contributed by atoms with Crippen LogP contribution in [0.5, 0.6) is 0 Å². The fraction of sp³-hybridized carbons (Fsp3) is 0.579. The van der Waals surface area contributed by atoms with Crippen LogP contribution in [0.3, 0.4) is 0 Å². The van der Waals surface area contributed by atoms with Gasteiger partial charge >= 0.3 is 0 Å². The van der Waals surface area contributed by atoms with E-state index in [0.29, 0.717) is 25.5 Å². The molecular weight excluding hydrogens is 369 g/mol. The monoisotopic (exact) mass is 397 g/mol. The average Bonchev–Trinajstić information content (AvgIpc) is 3.46. The molecule has 2 rings (SSSR count). The number of ether oxygens (including phenoxy) is 1. The van der Waals surface area contributed by atoms with Crippen LogP contribution in [0.25, 0.3) is 0 Å². The molecule has 1 aromatic carbocycles. The smallest absolute Gasteiger partial charge is 0.252 e. The average molecular weight is 398 g/mol. The largest absolute Gasteiger partial charge is 0.363 e. The fourth-order valence-electron chi connectivity index (χ4n) is 2.46. The molecule has 2 amide bonds. The summed E-state index contributed by atoms with van der Waals surface area (Å²) in [6, 6.07) is 5.79. The maximum atomic E-state index is 12.8. The zero-order valence-electron chi connectivity index (χ0n) is 15.8. The van der Waals surface area contributed by atoms with E-state index in [0.717, 1.165) is 24.3 Å². The van der Waals surface area contributed by atoms with Gasteiger partial charge in [0.2, 0.25) is 5.91 Å². The maximum absolute atomic E-state index is 12.8. The summed E-state index contributed by atoms with van der Waals surface area (Å²) in [7, 11) is 0. The number of hydrogen-bond donors (Lipinski definition) is 3. The third-order valence-electron chi connectivity index (χ3n) is 3.97. The van der Waals surface area contributed by atoms with Gasteiger partial charge in [-0.15, -0.1) is 0 Å². The lowest BCUT2D eigenvalue weighted by atomic mass is 10.0. The van der Waals surface area contributed by atoms with E-state index in [2.05, 4.69) is 15.4 Å². The Balaban J connectivity index is 1.58. The van der Waals surface area contributed by atoms with Crippen LogP contribution in [0.15, 0.2) is 29.2 Å². The molecule has 1 heterocycles. The Bertz CT molecular complexity index is 609. The summed E-state index contributed by atoms with van der Waals surface area (Å²) in [5.41, 5.74) is 0. The fourth-order valence-corrected chi connectivity index (χ4v) is 3.15. The van der Waals surface area contributed by atoms with Crippen molar-refractivity contribution in [3.05, 3.63) is 30.1 Å². The number of halogens is 1. The molecule has 1 fully saturated rings. The van der Waals surface area contributed by atoms with Crippen LogP contribution in [0.1, 0.15) is 33.1 Å². The molecule has 1 saturated heterocycles. The summed E-state index contributed by atoms with van der Waals surface area (Å²) in [6.45, 7) is 5.81. The first-order valence-corrected chi connectivity index (χ1v) is 10.1. The van der Waals surface area contributed by atoms with Crippen molar-refractivity contribution in [3.63, 3.8) is 0 Å². The summed E-state index contributed by atoms with van der Waals surface area (Å²) < 4.78 is 21.0. The lowest BCUT2D eigenvalue weighted by Crippen LogP contribution is -2.48. The van der Waals surface area contributed by atoms with E-state index in [1.165, 1.54) is 24.1 Å². The van der Waals surface area contributed by atoms with Crippen LogP contribution in [-0.4, -0.2) is 43.7 Å². The molecule has 150 valence electrons. The van der Waals surface area contributed by atoms with Crippen molar-refractivity contribution in [2.75, 3.05) is 19.7 Å². The summed E-state index contributed by atoms with van der Waals surface area (Å²) in [5.74, 6) is -0.301. The van der Waals surface area contributed by atoms with Gasteiger partial charge in [0.15, 0.2) is 6.10 Å². The van der Waals surface area contributed by atoms with Gasteiger partial charge in [0.05, 0.1) is 6.61 Å². The first-order chi connectivity index (χ1) is 13.0. The van der Waals surface area contributed by atoms with Gasteiger partial charge in [-0.25, -0.2) is 4.39 Å². The third kappa shape index (κ3) is 8.73. The molecule has 27 heavy (non-hydrogen) atoms. The number of nitrogens with one attached hydrogen (secondary N) is 3. The first-order valence-electron chi connectivity index (χ1n) is 9.30. The zero-order chi connectivity index (χ0) is 19.6. The minimum absolute atomic E-state index is 0.147. The Labute approximate surface area is 164 Å². The summed E-state index contributed by atoms with van der Waals surface area (Å²) in [6.07, 6.45) is 1.93. The van der Waals surface area contributed by atoms with Crippen molar-refractivity contribution in [2.45, 2.75) is 50.2 Å². The Morgan fingerprint density at radius 1 is 1.22 bits per heavy atom. The molecule has 2 atom stereocenters. The van der Waals surface area contributed by atoms with E-state index in [1.54, 1.807) is 12.1 Å². The molecule has 0 saturated carbocycles. The first kappa shape index (κ1) is 21.7. The van der Waals surface area contributed by atoms with Crippen molar-refractivity contribution in [1.82, 2.24) is 15.4 Å². The second-order valence-electron chi connectivity index (χ2n) is 6.96. The number of carbonyl (C=O) groups excluding carboxylic acids is 2. The van der Waals surface area contributed by atoms with Crippen molar-refractivity contribution < 1.29 is 18.7 Å². The SMILES string of the molecule is CC(C)CC(NC(=O)C1CO1)C(=O)NCCCCNSc1ccc(F)cc1. The summed E-state index contributed by atoms with van der Waals surface area (Å²) in [5, 5.41) is 5.67. The Morgan fingerprint density at radius 3 is 2.52 bits per heavy atom. The van der Waals surface area contributed by atoms with Crippen LogP contribution in [0, 0.1) is 11.7 Å². The quantitative estimate of drug-likeness (QED) is 0.286. The minimum atomic E-state index is -0.520. The van der Waals surface area contributed by atoms with Crippen molar-refractivity contribution in [3.8, 4) is 0 Å². The molecule has 6 nitrogen and oxygen atoms in total. The Kier molecular flexibility index (Phi) is 9.03. The van der Waals surface area contributed by atoms with Gasteiger partial charge in [0.25, 0.3) is 5.91 Å². The molecule has 1 aliphatic heterocycles. The van der Waals surface area contributed by atoms with E-state index in [9.17, 15) is 14.0 Å². The molecular formula is C19H28FN3O3S. The van der Waals surface area contributed by atoms with Gasteiger partial charge < -0.3 is 15.4 Å². The lowest BCUT2D eigenvalue weighted by molar-refractivity contribution is -0.129. The third-order valence-corrected chi connectivity index (χ3v) is 4.83. The minimum Gasteiger partial charge on any atom is -0.363 e. The molecule has 0 aliphatic carbocycles. The van der Waals surface area contributed by atoms with Crippen LogP contribution in [0.4, 0.5) is 4.39 Å². The molecule has 1 aliphatic rings. The second-order valence-corrected chi connectivity index (χ2v) is 7.93. The standard InChI is InChI=1S/C19H28FN3O3S/c1-13(2)11-16(23-19(25)17-12-26-17)18(24)21-9-3-4-10-22-27-15-7-5-14(20)6-8-15/h5-8,13,16-17,22H,3-4,9-12H2,1-2H3,(H,21,24)(H,23,25). The van der Waals surface area contributed by atoms with E-state index in [-0.39, 0.29) is 17.6 Å². The molecule has 0 spiro atoms. The number of hydrogen-bond acceptors (Lipinski definition) is 5. The number of carbonyl (C=O) groups is 2. The summed E-state index contributed by atoms with van der Waals surface area (Å²) in [4.78, 5) is 25.1. The van der Waals surface area contributed by atoms with E-state index in [4.69, 9.17) is 4.74 Å². The molecule has 0 bridgehead atoms. The van der Waals surface area contributed by atoms with Gasteiger partial charge in [-0.1, -0.05) is 13.8 Å². The van der Waals surface area contributed by atoms with Gasteiger partial charge in [-0.3, -0.25) is 14.3 Å². The molecule has 1 aromatic rings. The van der Waals surface area contributed by atoms with Gasteiger partial charge in [-0.05, 0) is 61.4 Å². The number of epoxide rings is 1. The second kappa shape index (κ2) is 11.3. The highest BCUT2D eigenvalue weighted by Gasteiger charge is 2.34. The van der Waals surface area contributed by atoms with Crippen LogP contribution in [0.2, 0.25) is 0 Å². The molecule has 2 unspecified atom stereocenters. The predicted octanol–water partition coefficient (Wildman–Crippen LogP) is 2.25. The number of amides is 2. The molecule has 3 N–H and O–H groups in total. The highest BCUT2D eigenvalue weighted by Crippen LogP contribution is 2.14. The van der Waals surface area contributed by atoms with Crippen LogP contribution in [-0.2, 0) is 14.3 Å². The number of rotatable bonds is 12. The summed E-state index contributed by atoms with van der Waals surface area (Å²) >= 11 is 1.46. The normalized spacial score (nSPS) is 16.8. The lowest BCUT2D eigenvalue weighted by Gasteiger charge is -2.19. The van der Waals surface area contributed by atoms with Gasteiger partial charge in [-0.2, -0.15) is 0 Å². The van der Waals surface area contributed by atoms with E-state index in [1.807, 2.05) is 13.8 Å². The molecule has 0 aromatic heterocycles. The zero-order valence-corrected chi connectivity index (χ0v) is 16.6. The number of benzene rings is 1. The van der Waals surface area contributed by atoms with Crippen LogP contribution >= 0.6 is 11.9 Å². The van der Waals surface area contributed by atoms with Crippen molar-refractivity contribution in [2.24, 2.45) is 5.92 Å². The Hall–Kier alpha value is -1.64. The topological polar surface area (TPSA) is 82.8 Å². The van der Waals surface area contributed by atoms with Crippen molar-refractivity contribution >= 4 is 23.8 Å². The predicted molar refractivity (Wildman–Crippen MR) is 104 cm³/mol. The molecule has 0 radical (unpaired) electrons. The van der Waals surface area contributed by atoms with E-state index >= 15 is 0 Å². The van der Waals surface area contributed by atoms with Gasteiger partial charge in [0, 0.05) is 18.0 Å². The Morgan fingerprint density at radius 2 is 1.89 bits per heavy atom. The molecule has 8 heteroatoms. The highest BCUT2D eigenvalue weighted by molar-refractivity contribution is 7.97. The highest BCUT2D eigenvalue weighted by atomic mass is 32.2. The van der Waals surface area contributed by atoms with Gasteiger partial charge in [0.1, 0.15) is 11.9 Å². The van der Waals surface area contributed by atoms with Crippen molar-refractivity contribution in [1.29, 1.82) is 0 Å². The van der Waals surface area contributed by atoms with E-state index < -0.39 is 12.1 Å². The number of unbranched alkanes of at least 4 members (excludes halogenated alkanes) is 1.